The molecule has 5 heteroatoms. The van der Waals surface area contributed by atoms with Gasteiger partial charge < -0.3 is 15.2 Å². The molecule has 0 aliphatic heterocycles. The summed E-state index contributed by atoms with van der Waals surface area (Å²) in [5.41, 5.74) is 1.73. The number of carbonyl (C=O) groups is 1. The summed E-state index contributed by atoms with van der Waals surface area (Å²) in [5, 5.41) is 22.3. The van der Waals surface area contributed by atoms with Crippen molar-refractivity contribution in [3.8, 4) is 11.8 Å². The van der Waals surface area contributed by atoms with E-state index in [0.717, 1.165) is 42.7 Å². The number of hydrogen-bond acceptors (Lipinski definition) is 4. The van der Waals surface area contributed by atoms with E-state index >= 15 is 0 Å². The number of benzene rings is 2. The Morgan fingerprint density at radius 3 is 2.50 bits per heavy atom. The van der Waals surface area contributed by atoms with E-state index in [0.29, 0.717) is 0 Å². The van der Waals surface area contributed by atoms with E-state index in [4.69, 9.17) is 9.84 Å². The van der Waals surface area contributed by atoms with Crippen LogP contribution in [-0.4, -0.2) is 24.2 Å². The molecule has 0 heterocycles. The molecule has 2 aromatic carbocycles. The molecular weight excluding hydrogens is 328 g/mol. The highest BCUT2D eigenvalue weighted by Gasteiger charge is 2.37. The average molecular weight is 350 g/mol. The molecule has 0 aromatic heterocycles. The minimum absolute atomic E-state index is 0.276. The average Bonchev–Trinajstić information content (AvgIpc) is 2.69. The zero-order chi connectivity index (χ0) is 18.6. The fourth-order valence-electron chi connectivity index (χ4n) is 3.59. The molecule has 1 saturated carbocycles. The predicted molar refractivity (Wildman–Crippen MR) is 99.6 cm³/mol. The van der Waals surface area contributed by atoms with Crippen molar-refractivity contribution < 1.29 is 14.6 Å². The normalized spacial score (nSPS) is 22.2. The van der Waals surface area contributed by atoms with Crippen LogP contribution < -0.4 is 10.1 Å². The van der Waals surface area contributed by atoms with Crippen molar-refractivity contribution in [2.75, 3.05) is 12.4 Å². The van der Waals surface area contributed by atoms with E-state index in [1.807, 2.05) is 24.3 Å². The first kappa shape index (κ1) is 17.8. The summed E-state index contributed by atoms with van der Waals surface area (Å²) in [7, 11) is 1.63. The summed E-state index contributed by atoms with van der Waals surface area (Å²) in [4.78, 5) is 10.9. The van der Waals surface area contributed by atoms with Gasteiger partial charge in [-0.15, -0.1) is 0 Å². The highest BCUT2D eigenvalue weighted by molar-refractivity contribution is 5.88. The van der Waals surface area contributed by atoms with E-state index in [2.05, 4.69) is 11.4 Å². The number of nitriles is 1. The van der Waals surface area contributed by atoms with Crippen LogP contribution in [0.3, 0.4) is 0 Å². The minimum atomic E-state index is -0.925. The summed E-state index contributed by atoms with van der Waals surface area (Å²) in [6, 6.07) is 17.4. The first-order valence-electron chi connectivity index (χ1n) is 8.72. The Bertz CT molecular complexity index is 816. The number of methoxy groups -OCH3 is 1. The molecule has 0 unspecified atom stereocenters. The van der Waals surface area contributed by atoms with Crippen LogP contribution in [0.5, 0.6) is 5.75 Å². The molecule has 1 aliphatic carbocycles. The lowest BCUT2D eigenvalue weighted by molar-refractivity contribution is 0.0697. The molecule has 0 bridgehead atoms. The molecule has 0 spiro atoms. The van der Waals surface area contributed by atoms with Gasteiger partial charge in [0.05, 0.1) is 24.2 Å². The molecule has 0 atom stereocenters. The summed E-state index contributed by atoms with van der Waals surface area (Å²) in [6.45, 7) is 0. The lowest BCUT2D eigenvalue weighted by Gasteiger charge is -2.36. The first-order valence-corrected chi connectivity index (χ1v) is 8.72. The molecular formula is C21H22N2O3. The third-order valence-corrected chi connectivity index (χ3v) is 5.18. The summed E-state index contributed by atoms with van der Waals surface area (Å²) >= 11 is 0. The highest BCUT2D eigenvalue weighted by Crippen LogP contribution is 2.40. The number of aromatic carboxylic acids is 1. The molecule has 1 aliphatic rings. The highest BCUT2D eigenvalue weighted by atomic mass is 16.5. The maximum Gasteiger partial charge on any atom is 0.335 e. The number of ether oxygens (including phenoxy) is 1. The quantitative estimate of drug-likeness (QED) is 0.844. The molecule has 0 amide bonds. The molecule has 1 fully saturated rings. The Labute approximate surface area is 153 Å². The molecule has 2 aromatic rings. The van der Waals surface area contributed by atoms with Crippen LogP contribution in [0.2, 0.25) is 0 Å². The third-order valence-electron chi connectivity index (χ3n) is 5.18. The van der Waals surface area contributed by atoms with Crippen LogP contribution in [0.1, 0.15) is 41.6 Å². The summed E-state index contributed by atoms with van der Waals surface area (Å²) < 4.78 is 5.30. The largest absolute Gasteiger partial charge is 0.497 e. The SMILES string of the molecule is COc1cccc([C@]2(C#N)CC[C@@H](Nc3ccc(C(=O)O)cc3)CC2)c1. The Morgan fingerprint density at radius 2 is 1.92 bits per heavy atom. The fraction of sp³-hybridized carbons (Fsp3) is 0.333. The van der Waals surface area contributed by atoms with Gasteiger partial charge in [0.2, 0.25) is 0 Å². The predicted octanol–water partition coefficient (Wildman–Crippen LogP) is 4.21. The summed E-state index contributed by atoms with van der Waals surface area (Å²) in [6.07, 6.45) is 3.32. The van der Waals surface area contributed by atoms with Gasteiger partial charge in [0.25, 0.3) is 0 Å². The number of nitrogens with zero attached hydrogens (tertiary/aromatic N) is 1. The Kier molecular flexibility index (Phi) is 5.13. The van der Waals surface area contributed by atoms with E-state index in [9.17, 15) is 10.1 Å². The molecule has 134 valence electrons. The number of nitrogens with one attached hydrogen (secondary N) is 1. The van der Waals surface area contributed by atoms with Crippen LogP contribution in [0, 0.1) is 11.3 Å². The van der Waals surface area contributed by atoms with Crippen molar-refractivity contribution in [2.24, 2.45) is 0 Å². The Hall–Kier alpha value is -3.00. The molecule has 0 radical (unpaired) electrons. The van der Waals surface area contributed by atoms with Crippen LogP contribution in [0.15, 0.2) is 48.5 Å². The van der Waals surface area contributed by atoms with Gasteiger partial charge in [-0.3, -0.25) is 0 Å². The van der Waals surface area contributed by atoms with Crippen molar-refractivity contribution in [1.82, 2.24) is 0 Å². The monoisotopic (exact) mass is 350 g/mol. The van der Waals surface area contributed by atoms with E-state index in [1.54, 1.807) is 31.4 Å². The van der Waals surface area contributed by atoms with Gasteiger partial charge in [-0.2, -0.15) is 5.26 Å². The van der Waals surface area contributed by atoms with Crippen LogP contribution in [0.4, 0.5) is 5.69 Å². The van der Waals surface area contributed by atoms with Gasteiger partial charge in [-0.1, -0.05) is 12.1 Å². The van der Waals surface area contributed by atoms with Crippen molar-refractivity contribution in [3.63, 3.8) is 0 Å². The number of rotatable bonds is 5. The van der Waals surface area contributed by atoms with Gasteiger partial charge in [0.15, 0.2) is 0 Å². The number of carboxylic acid groups (broad SMARTS) is 1. The summed E-state index contributed by atoms with van der Waals surface area (Å²) in [5.74, 6) is -0.151. The number of hydrogen-bond donors (Lipinski definition) is 2. The fourth-order valence-corrected chi connectivity index (χ4v) is 3.59. The second kappa shape index (κ2) is 7.49. The maximum absolute atomic E-state index is 10.9. The lowest BCUT2D eigenvalue weighted by atomic mass is 9.69. The standard InChI is InChI=1S/C21H22N2O3/c1-26-19-4-2-3-16(13-19)21(14-22)11-9-18(10-12-21)23-17-7-5-15(6-8-17)20(24)25/h2-8,13,18,23H,9-12H2,1H3,(H,24,25)/t18-,21-. The van der Waals surface area contributed by atoms with E-state index < -0.39 is 11.4 Å². The minimum Gasteiger partial charge on any atom is -0.497 e. The first-order chi connectivity index (χ1) is 12.6. The van der Waals surface area contributed by atoms with Crippen molar-refractivity contribution in [2.45, 2.75) is 37.1 Å². The van der Waals surface area contributed by atoms with Gasteiger partial charge in [-0.05, 0) is 67.6 Å². The van der Waals surface area contributed by atoms with Crippen molar-refractivity contribution in [3.05, 3.63) is 59.7 Å². The van der Waals surface area contributed by atoms with Crippen molar-refractivity contribution >= 4 is 11.7 Å². The maximum atomic E-state index is 10.9. The molecule has 5 nitrogen and oxygen atoms in total. The van der Waals surface area contributed by atoms with E-state index in [-0.39, 0.29) is 11.6 Å². The van der Waals surface area contributed by atoms with Gasteiger partial charge in [0, 0.05) is 11.7 Å². The van der Waals surface area contributed by atoms with Crippen LogP contribution in [-0.2, 0) is 5.41 Å². The molecule has 3 rings (SSSR count). The third kappa shape index (κ3) is 3.65. The number of anilines is 1. The van der Waals surface area contributed by atoms with Gasteiger partial charge >= 0.3 is 5.97 Å². The van der Waals surface area contributed by atoms with Crippen LogP contribution >= 0.6 is 0 Å². The Balaban J connectivity index is 1.67. The van der Waals surface area contributed by atoms with Gasteiger partial charge in [-0.25, -0.2) is 4.79 Å². The molecule has 2 N–H and O–H groups in total. The zero-order valence-electron chi connectivity index (χ0n) is 14.7. The molecule has 0 saturated heterocycles. The lowest BCUT2D eigenvalue weighted by Crippen LogP contribution is -2.35. The smallest absolute Gasteiger partial charge is 0.335 e. The van der Waals surface area contributed by atoms with E-state index in [1.165, 1.54) is 0 Å². The Morgan fingerprint density at radius 1 is 1.23 bits per heavy atom. The topological polar surface area (TPSA) is 82.3 Å². The van der Waals surface area contributed by atoms with Crippen LogP contribution in [0.25, 0.3) is 0 Å². The number of carboxylic acids is 1. The second-order valence-electron chi connectivity index (χ2n) is 6.73. The van der Waals surface area contributed by atoms with Crippen molar-refractivity contribution in [1.29, 1.82) is 5.26 Å². The van der Waals surface area contributed by atoms with Gasteiger partial charge in [0.1, 0.15) is 5.75 Å². The molecule has 26 heavy (non-hydrogen) atoms. The zero-order valence-corrected chi connectivity index (χ0v) is 14.7. The second-order valence-corrected chi connectivity index (χ2v) is 6.73.